The lowest BCUT2D eigenvalue weighted by Crippen LogP contribution is -2.45. The van der Waals surface area contributed by atoms with Crippen LogP contribution in [0.25, 0.3) is 0 Å². The number of carbonyl (C=O) groups is 1. The highest BCUT2D eigenvalue weighted by Crippen LogP contribution is 2.38. The van der Waals surface area contributed by atoms with Crippen molar-refractivity contribution in [1.82, 2.24) is 5.32 Å². The molecule has 0 rings (SSSR count). The number of nitrogens with zero attached hydrogens (tertiary/aromatic N) is 1. The summed E-state index contributed by atoms with van der Waals surface area (Å²) in [6.45, 7) is 4.70. The van der Waals surface area contributed by atoms with E-state index in [-0.39, 0.29) is 19.1 Å². The Morgan fingerprint density at radius 2 is 0.701 bits per heavy atom. The fourth-order valence-electron chi connectivity index (χ4n) is 10.9. The number of likely N-dealkylation sites (N-methyl/N-ethyl adjacent to an activating group) is 1. The molecule has 0 aromatic heterocycles. The van der Waals surface area contributed by atoms with Crippen LogP contribution in [0.15, 0.2) is 12.2 Å². The highest BCUT2D eigenvalue weighted by molar-refractivity contribution is 7.45. The number of allylic oxidation sites excluding steroid dienone is 1. The molecule has 1 amide bonds. The normalized spacial score (nSPS) is 13.7. The van der Waals surface area contributed by atoms with Crippen molar-refractivity contribution >= 4 is 13.7 Å². The molecular formula is C68H137N2O6P. The topological polar surface area (TPSA) is 108 Å². The molecule has 0 spiro atoms. The molecule has 0 saturated heterocycles. The van der Waals surface area contributed by atoms with Gasteiger partial charge in [-0.25, -0.2) is 0 Å². The van der Waals surface area contributed by atoms with Gasteiger partial charge < -0.3 is 28.8 Å². The van der Waals surface area contributed by atoms with Crippen LogP contribution in [0.1, 0.15) is 367 Å². The zero-order chi connectivity index (χ0) is 56.3. The number of unbranched alkanes of at least 4 members (excludes halogenated alkanes) is 52. The number of phosphoric acid groups is 1. The van der Waals surface area contributed by atoms with Gasteiger partial charge in [0, 0.05) is 6.42 Å². The number of aliphatic hydroxyl groups excluding tert-OH is 1. The fourth-order valence-corrected chi connectivity index (χ4v) is 11.6. The minimum atomic E-state index is -4.59. The number of hydrogen-bond acceptors (Lipinski definition) is 6. The van der Waals surface area contributed by atoms with Crippen molar-refractivity contribution < 1.29 is 32.9 Å². The van der Waals surface area contributed by atoms with Crippen molar-refractivity contribution in [3.8, 4) is 0 Å². The Morgan fingerprint density at radius 3 is 0.974 bits per heavy atom. The Balaban J connectivity index is 3.83. The van der Waals surface area contributed by atoms with Crippen LogP contribution in [0.3, 0.4) is 0 Å². The predicted molar refractivity (Wildman–Crippen MR) is 335 cm³/mol. The average molecular weight is 1110 g/mol. The summed E-state index contributed by atoms with van der Waals surface area (Å²) < 4.78 is 23.4. The number of aliphatic hydroxyl groups is 1. The standard InChI is InChI=1S/C68H137N2O6P/c1-6-8-10-12-14-16-18-20-22-23-24-25-26-27-28-29-30-31-32-33-34-35-36-37-38-39-40-41-42-43-44-45-46-48-50-52-54-56-58-60-62-68(72)69-66(65-76-77(73,74)75-64-63-70(3,4)5)67(71)61-59-57-55-53-51-49-47-21-19-17-15-13-11-9-7-2/h59,61,66-67,71H,6-58,60,62-65H2,1-5H3,(H-,69,72,73,74)/b61-59+. The molecule has 460 valence electrons. The van der Waals surface area contributed by atoms with Crippen LogP contribution in [-0.4, -0.2) is 68.5 Å². The number of hydrogen-bond donors (Lipinski definition) is 2. The SMILES string of the molecule is CCCCCCCCCCCCCCC/C=C/C(O)C(COP(=O)([O-])OCC[N+](C)(C)C)NC(=O)CCCCCCCCCCCCCCCCCCCCCCCCCCCCCCCCCCCCCCCCCC. The number of phosphoric ester groups is 1. The van der Waals surface area contributed by atoms with Gasteiger partial charge in [-0.3, -0.25) is 9.36 Å². The van der Waals surface area contributed by atoms with Crippen LogP contribution >= 0.6 is 7.82 Å². The molecule has 0 aromatic rings. The van der Waals surface area contributed by atoms with Gasteiger partial charge in [0.25, 0.3) is 7.82 Å². The van der Waals surface area contributed by atoms with E-state index in [2.05, 4.69) is 19.2 Å². The first kappa shape index (κ1) is 76.2. The summed E-state index contributed by atoms with van der Waals surface area (Å²) in [6.07, 6.45) is 76.4. The molecule has 2 N–H and O–H groups in total. The van der Waals surface area contributed by atoms with E-state index in [9.17, 15) is 19.4 Å². The largest absolute Gasteiger partial charge is 0.756 e. The predicted octanol–water partition coefficient (Wildman–Crippen LogP) is 21.1. The Hall–Kier alpha value is -0.760. The number of carbonyl (C=O) groups excluding carboxylic acids is 1. The van der Waals surface area contributed by atoms with Crippen LogP contribution in [-0.2, 0) is 18.4 Å². The average Bonchev–Trinajstić information content (AvgIpc) is 3.39. The van der Waals surface area contributed by atoms with Gasteiger partial charge >= 0.3 is 0 Å². The van der Waals surface area contributed by atoms with E-state index in [1.807, 2.05) is 27.2 Å². The van der Waals surface area contributed by atoms with Crippen LogP contribution in [0.4, 0.5) is 0 Å². The second kappa shape index (κ2) is 59.8. The van der Waals surface area contributed by atoms with Crippen LogP contribution in [0.2, 0.25) is 0 Å². The maximum atomic E-state index is 13.0. The number of quaternary nitrogens is 1. The summed E-state index contributed by atoms with van der Waals surface area (Å²) in [5.74, 6) is -0.189. The van der Waals surface area contributed by atoms with Gasteiger partial charge in [0.2, 0.25) is 5.91 Å². The van der Waals surface area contributed by atoms with E-state index in [1.54, 1.807) is 6.08 Å². The molecule has 0 saturated carbocycles. The summed E-state index contributed by atoms with van der Waals surface area (Å²) in [5.41, 5.74) is 0. The van der Waals surface area contributed by atoms with E-state index < -0.39 is 20.0 Å². The zero-order valence-corrected chi connectivity index (χ0v) is 53.6. The summed E-state index contributed by atoms with van der Waals surface area (Å²) in [5, 5.41) is 13.9. The van der Waals surface area contributed by atoms with Gasteiger partial charge in [-0.05, 0) is 19.3 Å². The minimum absolute atomic E-state index is 0.00266. The van der Waals surface area contributed by atoms with E-state index >= 15 is 0 Å². The lowest BCUT2D eigenvalue weighted by Gasteiger charge is -2.29. The lowest BCUT2D eigenvalue weighted by molar-refractivity contribution is -0.870. The van der Waals surface area contributed by atoms with Gasteiger partial charge in [0.1, 0.15) is 13.2 Å². The van der Waals surface area contributed by atoms with E-state index in [1.165, 1.54) is 308 Å². The van der Waals surface area contributed by atoms with Crippen molar-refractivity contribution in [2.24, 2.45) is 0 Å². The van der Waals surface area contributed by atoms with Crippen LogP contribution in [0.5, 0.6) is 0 Å². The van der Waals surface area contributed by atoms with E-state index in [0.29, 0.717) is 17.4 Å². The third-order valence-electron chi connectivity index (χ3n) is 16.2. The van der Waals surface area contributed by atoms with Gasteiger partial charge in [-0.15, -0.1) is 0 Å². The molecular weight excluding hydrogens is 972 g/mol. The highest BCUT2D eigenvalue weighted by atomic mass is 31.2. The van der Waals surface area contributed by atoms with Gasteiger partial charge in [0.05, 0.1) is 39.9 Å². The highest BCUT2D eigenvalue weighted by Gasteiger charge is 2.23. The van der Waals surface area contributed by atoms with Crippen molar-refractivity contribution in [1.29, 1.82) is 0 Å². The molecule has 0 bridgehead atoms. The fraction of sp³-hybridized carbons (Fsp3) is 0.956. The Labute approximate surface area is 482 Å². The molecule has 0 aromatic carbocycles. The van der Waals surface area contributed by atoms with E-state index in [4.69, 9.17) is 9.05 Å². The first-order chi connectivity index (χ1) is 37.5. The summed E-state index contributed by atoms with van der Waals surface area (Å²) >= 11 is 0. The molecule has 3 unspecified atom stereocenters. The molecule has 8 nitrogen and oxygen atoms in total. The second-order valence-electron chi connectivity index (χ2n) is 25.3. The molecule has 3 atom stereocenters. The molecule has 0 heterocycles. The maximum absolute atomic E-state index is 13.0. The third kappa shape index (κ3) is 62.7. The van der Waals surface area contributed by atoms with Crippen LogP contribution in [0, 0.1) is 0 Å². The van der Waals surface area contributed by atoms with Crippen molar-refractivity contribution in [2.45, 2.75) is 379 Å². The summed E-state index contributed by atoms with van der Waals surface area (Å²) in [6, 6.07) is -0.882. The third-order valence-corrected chi connectivity index (χ3v) is 17.2. The Bertz CT molecular complexity index is 1260. The first-order valence-corrected chi connectivity index (χ1v) is 36.0. The molecule has 0 fully saturated rings. The number of rotatable bonds is 65. The molecule has 0 radical (unpaired) electrons. The van der Waals surface area contributed by atoms with Crippen molar-refractivity contribution in [2.75, 3.05) is 40.9 Å². The summed E-state index contributed by atoms with van der Waals surface area (Å²) in [4.78, 5) is 25.5. The lowest BCUT2D eigenvalue weighted by atomic mass is 10.0. The minimum Gasteiger partial charge on any atom is -0.756 e. The Kier molecular flexibility index (Phi) is 59.3. The van der Waals surface area contributed by atoms with Crippen LogP contribution < -0.4 is 10.2 Å². The second-order valence-corrected chi connectivity index (χ2v) is 26.7. The summed E-state index contributed by atoms with van der Waals surface area (Å²) in [7, 11) is 1.28. The van der Waals surface area contributed by atoms with Gasteiger partial charge in [-0.2, -0.15) is 0 Å². The molecule has 0 aliphatic rings. The quantitative estimate of drug-likeness (QED) is 0.0272. The van der Waals surface area contributed by atoms with Gasteiger partial charge in [0.15, 0.2) is 0 Å². The zero-order valence-electron chi connectivity index (χ0n) is 52.7. The first-order valence-electron chi connectivity index (χ1n) is 34.6. The molecule has 77 heavy (non-hydrogen) atoms. The number of amides is 1. The maximum Gasteiger partial charge on any atom is 0.268 e. The molecule has 0 aliphatic heterocycles. The Morgan fingerprint density at radius 1 is 0.442 bits per heavy atom. The number of nitrogens with one attached hydrogen (secondary N) is 1. The monoisotopic (exact) mass is 1110 g/mol. The van der Waals surface area contributed by atoms with Gasteiger partial charge in [-0.1, -0.05) is 353 Å². The molecule has 0 aliphatic carbocycles. The molecule has 9 heteroatoms. The smallest absolute Gasteiger partial charge is 0.268 e. The van der Waals surface area contributed by atoms with Crippen molar-refractivity contribution in [3.05, 3.63) is 12.2 Å². The van der Waals surface area contributed by atoms with E-state index in [0.717, 1.165) is 38.5 Å². The van der Waals surface area contributed by atoms with Crippen molar-refractivity contribution in [3.63, 3.8) is 0 Å².